The van der Waals surface area contributed by atoms with Gasteiger partial charge < -0.3 is 19.1 Å². The highest BCUT2D eigenvalue weighted by atomic mass is 16.3. The molecule has 3 heterocycles. The first-order valence-electron chi connectivity index (χ1n) is 25.7. The summed E-state index contributed by atoms with van der Waals surface area (Å²) in [7, 11) is 0. The van der Waals surface area contributed by atoms with Crippen LogP contribution in [0.25, 0.3) is 22.1 Å². The maximum Gasteiger partial charge on any atom is 0.297 e. The molecule has 3 aliphatic rings. The van der Waals surface area contributed by atoms with Crippen molar-refractivity contribution in [2.75, 3.05) is 14.7 Å². The maximum atomic E-state index is 7.63. The van der Waals surface area contributed by atoms with E-state index in [1.54, 1.807) is 0 Å². The maximum absolute atomic E-state index is 7.63. The highest BCUT2D eigenvalue weighted by molar-refractivity contribution is 7.00. The molecular formula is C66H64BN3O. The Hall–Kier alpha value is -7.24. The van der Waals surface area contributed by atoms with Crippen molar-refractivity contribution in [1.82, 2.24) is 0 Å². The van der Waals surface area contributed by atoms with Crippen molar-refractivity contribution in [3.05, 3.63) is 204 Å². The topological polar surface area (TPSA) is 22.9 Å². The molecule has 8 aromatic carbocycles. The van der Waals surface area contributed by atoms with E-state index in [1.807, 2.05) is 0 Å². The lowest BCUT2D eigenvalue weighted by atomic mass is 9.35. The van der Waals surface area contributed by atoms with Crippen molar-refractivity contribution in [3.63, 3.8) is 0 Å². The molecule has 1 aliphatic carbocycles. The van der Waals surface area contributed by atoms with E-state index in [4.69, 9.17) is 4.42 Å². The van der Waals surface area contributed by atoms with Gasteiger partial charge in [-0.05, 0) is 158 Å². The van der Waals surface area contributed by atoms with Gasteiger partial charge in [0.05, 0.1) is 17.0 Å². The smallest absolute Gasteiger partial charge is 0.297 e. The van der Waals surface area contributed by atoms with E-state index in [9.17, 15) is 0 Å². The van der Waals surface area contributed by atoms with Gasteiger partial charge in [0.15, 0.2) is 0 Å². The number of anilines is 9. The van der Waals surface area contributed by atoms with Crippen LogP contribution in [0.1, 0.15) is 104 Å². The second-order valence-corrected chi connectivity index (χ2v) is 23.7. The second kappa shape index (κ2) is 16.1. The van der Waals surface area contributed by atoms with Crippen LogP contribution in [0.5, 0.6) is 0 Å². The molecule has 0 spiro atoms. The molecule has 0 radical (unpaired) electrons. The van der Waals surface area contributed by atoms with E-state index in [0.717, 1.165) is 75.0 Å². The van der Waals surface area contributed by atoms with Gasteiger partial charge in [-0.25, -0.2) is 0 Å². The Kier molecular flexibility index (Phi) is 10.2. The van der Waals surface area contributed by atoms with Gasteiger partial charge in [0, 0.05) is 45.2 Å². The van der Waals surface area contributed by atoms with E-state index in [1.165, 1.54) is 50.0 Å². The minimum atomic E-state index is -0.196. The predicted octanol–water partition coefficient (Wildman–Crippen LogP) is 16.6. The molecular weight excluding hydrogens is 862 g/mol. The first kappa shape index (κ1) is 44.9. The van der Waals surface area contributed by atoms with Crippen LogP contribution in [-0.2, 0) is 21.7 Å². The average molecular weight is 926 g/mol. The summed E-state index contributed by atoms with van der Waals surface area (Å²) in [5.41, 5.74) is 22.2. The standard InChI is InChI=1S/C66H64BN3O/c1-63(2,3)45-28-33-49(34-29-45)69-56-35-30-46(64(4,5)6)38-55(56)67-60-57(69)39-51(68(47-22-16-12-17-23-47)48-24-18-13-19-25-48)40-58(60)70(50-31-26-44(27-32-50)43-20-14-11-15-21-43)61-52-41-53-54(42-59(52)71-62(61)67)66(9,10)37-36-65(53,7)8/h11-35,38-42H,36-37H2,1-10H3. The third-order valence-corrected chi connectivity index (χ3v) is 16.0. The third-order valence-electron chi connectivity index (χ3n) is 16.0. The largest absolute Gasteiger partial charge is 0.468 e. The normalized spacial score (nSPS) is 15.5. The Morgan fingerprint density at radius 3 is 1.55 bits per heavy atom. The number of fused-ring (bicyclic) bond motifs is 7. The summed E-state index contributed by atoms with van der Waals surface area (Å²) in [6, 6.07) is 68.0. The SMILES string of the molecule is CC(C)(C)c1ccc(N2c3ccc(C(C)(C)C)cc3B3c4oc5cc6c(cc5c4N(c4ccc(-c5ccccc5)cc4)c4cc(N(c5ccccc5)c5ccccc5)cc2c43)C(C)(C)CCC6(C)C)cc1. The van der Waals surface area contributed by atoms with Crippen LogP contribution in [0.3, 0.4) is 0 Å². The molecule has 71 heavy (non-hydrogen) atoms. The van der Waals surface area contributed by atoms with Crippen molar-refractivity contribution in [1.29, 1.82) is 0 Å². The predicted molar refractivity (Wildman–Crippen MR) is 303 cm³/mol. The first-order valence-corrected chi connectivity index (χ1v) is 25.7. The van der Waals surface area contributed by atoms with Crippen molar-refractivity contribution in [2.45, 2.75) is 104 Å². The Bertz CT molecular complexity index is 3450. The average Bonchev–Trinajstić information content (AvgIpc) is 3.74. The molecule has 2 aliphatic heterocycles. The van der Waals surface area contributed by atoms with Crippen LogP contribution in [-0.4, -0.2) is 6.71 Å². The van der Waals surface area contributed by atoms with Crippen molar-refractivity contribution in [2.24, 2.45) is 0 Å². The Morgan fingerprint density at radius 2 is 0.972 bits per heavy atom. The van der Waals surface area contributed by atoms with Crippen molar-refractivity contribution >= 4 is 85.5 Å². The minimum absolute atomic E-state index is 0.00618. The van der Waals surface area contributed by atoms with E-state index in [2.05, 4.69) is 266 Å². The molecule has 4 nitrogen and oxygen atoms in total. The van der Waals surface area contributed by atoms with Gasteiger partial charge in [-0.15, -0.1) is 0 Å². The highest BCUT2D eigenvalue weighted by Crippen LogP contribution is 2.53. The zero-order valence-electron chi connectivity index (χ0n) is 43.1. The summed E-state index contributed by atoms with van der Waals surface area (Å²) >= 11 is 0. The van der Waals surface area contributed by atoms with Crippen LogP contribution in [0.4, 0.5) is 51.2 Å². The molecule has 0 bridgehead atoms. The number of para-hydroxylation sites is 2. The molecule has 0 atom stereocenters. The molecule has 1 aromatic heterocycles. The van der Waals surface area contributed by atoms with Crippen LogP contribution in [0.15, 0.2) is 186 Å². The van der Waals surface area contributed by atoms with E-state index in [0.29, 0.717) is 0 Å². The number of hydrogen-bond acceptors (Lipinski definition) is 4. The number of nitrogens with zero attached hydrogens (tertiary/aromatic N) is 3. The number of furan rings is 1. The molecule has 0 saturated heterocycles. The molecule has 352 valence electrons. The molecule has 12 rings (SSSR count). The fourth-order valence-electron chi connectivity index (χ4n) is 11.8. The van der Waals surface area contributed by atoms with Crippen LogP contribution in [0, 0.1) is 0 Å². The summed E-state index contributed by atoms with van der Waals surface area (Å²) < 4.78 is 7.63. The Balaban J connectivity index is 1.22. The highest BCUT2D eigenvalue weighted by Gasteiger charge is 2.48. The summed E-state index contributed by atoms with van der Waals surface area (Å²) in [6.07, 6.45) is 2.26. The third kappa shape index (κ3) is 7.42. The zero-order chi connectivity index (χ0) is 49.2. The van der Waals surface area contributed by atoms with E-state index < -0.39 is 0 Å². The zero-order valence-corrected chi connectivity index (χ0v) is 43.1. The summed E-state index contributed by atoms with van der Waals surface area (Å²) in [6.45, 7) is 23.4. The summed E-state index contributed by atoms with van der Waals surface area (Å²) in [5.74, 6) is 0. The number of rotatable bonds is 6. The van der Waals surface area contributed by atoms with Gasteiger partial charge in [0.25, 0.3) is 6.71 Å². The second-order valence-electron chi connectivity index (χ2n) is 23.7. The van der Waals surface area contributed by atoms with Gasteiger partial charge in [0.1, 0.15) is 5.58 Å². The van der Waals surface area contributed by atoms with Gasteiger partial charge in [-0.2, -0.15) is 0 Å². The lowest BCUT2D eigenvalue weighted by molar-refractivity contribution is 0.332. The van der Waals surface area contributed by atoms with Gasteiger partial charge in [-0.3, -0.25) is 0 Å². The van der Waals surface area contributed by atoms with E-state index in [-0.39, 0.29) is 28.4 Å². The monoisotopic (exact) mass is 926 g/mol. The minimum Gasteiger partial charge on any atom is -0.468 e. The first-order chi connectivity index (χ1) is 34.0. The molecule has 0 amide bonds. The molecule has 0 unspecified atom stereocenters. The van der Waals surface area contributed by atoms with Crippen LogP contribution < -0.4 is 31.3 Å². The summed E-state index contributed by atoms with van der Waals surface area (Å²) in [4.78, 5) is 7.51. The molecule has 5 heteroatoms. The lowest BCUT2D eigenvalue weighted by Gasteiger charge is -2.44. The number of hydrogen-bond donors (Lipinski definition) is 0. The Labute approximate surface area is 421 Å². The molecule has 0 fully saturated rings. The summed E-state index contributed by atoms with van der Waals surface area (Å²) in [5, 5.41) is 1.16. The van der Waals surface area contributed by atoms with Crippen molar-refractivity contribution in [3.8, 4) is 11.1 Å². The van der Waals surface area contributed by atoms with Gasteiger partial charge in [0.2, 0.25) is 0 Å². The number of benzene rings is 8. The van der Waals surface area contributed by atoms with Crippen molar-refractivity contribution < 1.29 is 4.42 Å². The molecule has 9 aromatic rings. The Morgan fingerprint density at radius 1 is 0.479 bits per heavy atom. The molecule has 0 saturated carbocycles. The van der Waals surface area contributed by atoms with E-state index >= 15 is 0 Å². The van der Waals surface area contributed by atoms with Gasteiger partial charge >= 0.3 is 0 Å². The fraction of sp³-hybridized carbons (Fsp3) is 0.242. The quantitative estimate of drug-likeness (QED) is 0.155. The fourth-order valence-corrected chi connectivity index (χ4v) is 11.8. The van der Waals surface area contributed by atoms with Crippen LogP contribution >= 0.6 is 0 Å². The lowest BCUT2D eigenvalue weighted by Crippen LogP contribution is -2.61. The molecule has 0 N–H and O–H groups in total. The van der Waals surface area contributed by atoms with Gasteiger partial charge in [-0.1, -0.05) is 172 Å². The van der Waals surface area contributed by atoms with Crippen LogP contribution in [0.2, 0.25) is 0 Å².